The van der Waals surface area contributed by atoms with Gasteiger partial charge in [-0.3, -0.25) is 9.88 Å². The number of hydrogen-bond donors (Lipinski definition) is 0. The summed E-state index contributed by atoms with van der Waals surface area (Å²) in [6.07, 6.45) is 3.63. The predicted octanol–water partition coefficient (Wildman–Crippen LogP) is 3.42. The number of pyridine rings is 1. The third kappa shape index (κ3) is 3.33. The zero-order valence-corrected chi connectivity index (χ0v) is 12.0. The van der Waals surface area contributed by atoms with Crippen molar-refractivity contribution in [3.63, 3.8) is 0 Å². The zero-order valence-electron chi connectivity index (χ0n) is 12.0. The number of hydrogen-bond acceptors (Lipinski definition) is 3. The highest BCUT2D eigenvalue weighted by atomic mass is 19.1. The Balaban J connectivity index is 2.09. The minimum absolute atomic E-state index is 0.236. The summed E-state index contributed by atoms with van der Waals surface area (Å²) in [5.74, 6) is -0.0517. The van der Waals surface area contributed by atoms with Gasteiger partial charge in [-0.05, 0) is 43.3 Å². The van der Waals surface area contributed by atoms with Gasteiger partial charge in [0.25, 0.3) is 0 Å². The van der Waals surface area contributed by atoms with Crippen molar-refractivity contribution in [2.45, 2.75) is 19.5 Å². The first-order valence-electron chi connectivity index (χ1n) is 6.54. The smallest absolute Gasteiger partial charge is 0.165 e. The van der Waals surface area contributed by atoms with E-state index >= 15 is 0 Å². The molecule has 0 fully saturated rings. The van der Waals surface area contributed by atoms with E-state index in [1.165, 1.54) is 13.2 Å². The Labute approximate surface area is 119 Å². The molecule has 0 aliphatic carbocycles. The van der Waals surface area contributed by atoms with Crippen molar-refractivity contribution < 1.29 is 9.13 Å². The van der Waals surface area contributed by atoms with Gasteiger partial charge in [-0.2, -0.15) is 0 Å². The highest BCUT2D eigenvalue weighted by Gasteiger charge is 2.13. The van der Waals surface area contributed by atoms with Crippen LogP contribution in [0.1, 0.15) is 24.1 Å². The minimum atomic E-state index is -0.334. The fourth-order valence-corrected chi connectivity index (χ4v) is 2.11. The van der Waals surface area contributed by atoms with Crippen LogP contribution in [0.15, 0.2) is 42.7 Å². The molecule has 1 aromatic carbocycles. The first kappa shape index (κ1) is 14.5. The van der Waals surface area contributed by atoms with Crippen LogP contribution in [-0.2, 0) is 6.54 Å². The standard InChI is InChI=1S/C16H19FN2O/c1-12(14-5-4-8-18-10-14)19(2)11-13-6-7-15(17)16(9-13)20-3/h4-10,12H,11H2,1-3H3/t12-/m1/s1. The van der Waals surface area contributed by atoms with Gasteiger partial charge in [0.15, 0.2) is 11.6 Å². The number of benzene rings is 1. The molecule has 1 atom stereocenters. The molecule has 0 N–H and O–H groups in total. The molecule has 0 bridgehead atoms. The predicted molar refractivity (Wildman–Crippen MR) is 77.1 cm³/mol. The Bertz CT molecular complexity index is 560. The van der Waals surface area contributed by atoms with Crippen LogP contribution in [-0.4, -0.2) is 24.0 Å². The van der Waals surface area contributed by atoms with Gasteiger partial charge < -0.3 is 4.74 Å². The van der Waals surface area contributed by atoms with Crippen molar-refractivity contribution in [2.24, 2.45) is 0 Å². The molecule has 1 heterocycles. The summed E-state index contributed by atoms with van der Waals surface area (Å²) in [7, 11) is 3.51. The minimum Gasteiger partial charge on any atom is -0.494 e. The fraction of sp³-hybridized carbons (Fsp3) is 0.312. The Hall–Kier alpha value is -1.94. The van der Waals surface area contributed by atoms with Gasteiger partial charge >= 0.3 is 0 Å². The Morgan fingerprint density at radius 2 is 2.15 bits per heavy atom. The van der Waals surface area contributed by atoms with Crippen LogP contribution < -0.4 is 4.74 Å². The molecule has 0 saturated carbocycles. The largest absolute Gasteiger partial charge is 0.494 e. The van der Waals surface area contributed by atoms with Crippen molar-refractivity contribution in [3.8, 4) is 5.75 Å². The quantitative estimate of drug-likeness (QED) is 0.835. The van der Waals surface area contributed by atoms with E-state index in [2.05, 4.69) is 22.9 Å². The van der Waals surface area contributed by atoms with Crippen molar-refractivity contribution in [3.05, 3.63) is 59.7 Å². The molecule has 0 unspecified atom stereocenters. The Morgan fingerprint density at radius 1 is 1.35 bits per heavy atom. The number of rotatable bonds is 5. The first-order chi connectivity index (χ1) is 9.61. The summed E-state index contributed by atoms with van der Waals surface area (Å²) >= 11 is 0. The van der Waals surface area contributed by atoms with Gasteiger partial charge in [-0.1, -0.05) is 12.1 Å². The molecule has 0 saturated heterocycles. The van der Waals surface area contributed by atoms with Crippen LogP contribution in [0.5, 0.6) is 5.75 Å². The van der Waals surface area contributed by atoms with E-state index in [0.29, 0.717) is 6.54 Å². The van der Waals surface area contributed by atoms with E-state index in [-0.39, 0.29) is 17.6 Å². The lowest BCUT2D eigenvalue weighted by atomic mass is 10.1. The van der Waals surface area contributed by atoms with E-state index < -0.39 is 0 Å². The van der Waals surface area contributed by atoms with Crippen LogP contribution >= 0.6 is 0 Å². The summed E-state index contributed by atoms with van der Waals surface area (Å²) in [5, 5.41) is 0. The SMILES string of the molecule is COc1cc(CN(C)[C@H](C)c2cccnc2)ccc1F. The lowest BCUT2D eigenvalue weighted by molar-refractivity contribution is 0.252. The second kappa shape index (κ2) is 6.48. The van der Waals surface area contributed by atoms with E-state index in [9.17, 15) is 4.39 Å². The summed E-state index contributed by atoms with van der Waals surface area (Å²) in [6.45, 7) is 2.84. The zero-order chi connectivity index (χ0) is 14.5. The van der Waals surface area contributed by atoms with Gasteiger partial charge in [-0.25, -0.2) is 4.39 Å². The molecule has 0 aliphatic heterocycles. The molecule has 0 amide bonds. The van der Waals surface area contributed by atoms with Crippen molar-refractivity contribution in [1.29, 1.82) is 0 Å². The van der Waals surface area contributed by atoms with E-state index in [1.54, 1.807) is 18.3 Å². The molecule has 0 aliphatic rings. The molecule has 0 radical (unpaired) electrons. The summed E-state index contributed by atoms with van der Waals surface area (Å²) in [5.41, 5.74) is 2.17. The lowest BCUT2D eigenvalue weighted by Gasteiger charge is -2.25. The molecule has 2 aromatic rings. The summed E-state index contributed by atoms with van der Waals surface area (Å²) in [6, 6.07) is 9.18. The maximum absolute atomic E-state index is 13.4. The number of ether oxygens (including phenoxy) is 1. The van der Waals surface area contributed by atoms with Gasteiger partial charge in [-0.15, -0.1) is 0 Å². The van der Waals surface area contributed by atoms with E-state index in [0.717, 1.165) is 11.1 Å². The topological polar surface area (TPSA) is 25.4 Å². The summed E-state index contributed by atoms with van der Waals surface area (Å²) < 4.78 is 18.4. The molecule has 1 aromatic heterocycles. The fourth-order valence-electron chi connectivity index (χ4n) is 2.11. The molecular formula is C16H19FN2O. The number of methoxy groups -OCH3 is 1. The second-order valence-corrected chi connectivity index (χ2v) is 4.85. The monoisotopic (exact) mass is 274 g/mol. The van der Waals surface area contributed by atoms with Crippen LogP contribution in [0.3, 0.4) is 0 Å². The van der Waals surface area contributed by atoms with Crippen LogP contribution in [0, 0.1) is 5.82 Å². The normalized spacial score (nSPS) is 12.4. The number of nitrogens with zero attached hydrogens (tertiary/aromatic N) is 2. The number of aromatic nitrogens is 1. The Morgan fingerprint density at radius 3 is 2.80 bits per heavy atom. The lowest BCUT2D eigenvalue weighted by Crippen LogP contribution is -2.22. The molecule has 106 valence electrons. The van der Waals surface area contributed by atoms with Crippen molar-refractivity contribution >= 4 is 0 Å². The average Bonchev–Trinajstić information content (AvgIpc) is 2.49. The number of halogens is 1. The molecule has 3 nitrogen and oxygen atoms in total. The Kier molecular flexibility index (Phi) is 4.69. The highest BCUT2D eigenvalue weighted by Crippen LogP contribution is 2.23. The van der Waals surface area contributed by atoms with Gasteiger partial charge in [0, 0.05) is 25.0 Å². The molecule has 20 heavy (non-hydrogen) atoms. The van der Waals surface area contributed by atoms with Crippen LogP contribution in [0.2, 0.25) is 0 Å². The van der Waals surface area contributed by atoms with Crippen molar-refractivity contribution in [2.75, 3.05) is 14.2 Å². The third-order valence-electron chi connectivity index (χ3n) is 3.48. The van der Waals surface area contributed by atoms with E-state index in [1.807, 2.05) is 19.3 Å². The van der Waals surface area contributed by atoms with Crippen LogP contribution in [0.4, 0.5) is 4.39 Å². The molecular weight excluding hydrogens is 255 g/mol. The second-order valence-electron chi connectivity index (χ2n) is 4.85. The first-order valence-corrected chi connectivity index (χ1v) is 6.54. The molecule has 0 spiro atoms. The third-order valence-corrected chi connectivity index (χ3v) is 3.48. The van der Waals surface area contributed by atoms with E-state index in [4.69, 9.17) is 4.74 Å². The van der Waals surface area contributed by atoms with Crippen LogP contribution in [0.25, 0.3) is 0 Å². The maximum Gasteiger partial charge on any atom is 0.165 e. The highest BCUT2D eigenvalue weighted by molar-refractivity contribution is 5.30. The molecule has 4 heteroatoms. The average molecular weight is 274 g/mol. The van der Waals surface area contributed by atoms with Gasteiger partial charge in [0.05, 0.1) is 7.11 Å². The van der Waals surface area contributed by atoms with Gasteiger partial charge in [0.1, 0.15) is 0 Å². The summed E-state index contributed by atoms with van der Waals surface area (Å²) in [4.78, 5) is 6.32. The van der Waals surface area contributed by atoms with Crippen molar-refractivity contribution in [1.82, 2.24) is 9.88 Å². The maximum atomic E-state index is 13.4. The van der Waals surface area contributed by atoms with Gasteiger partial charge in [0.2, 0.25) is 0 Å². The molecule has 2 rings (SSSR count).